The highest BCUT2D eigenvalue weighted by atomic mass is 16.7. The number of allylic oxidation sites excluding steroid dienone is 2. The Bertz CT molecular complexity index is 1200. The van der Waals surface area contributed by atoms with Gasteiger partial charge in [-0.05, 0) is 38.5 Å². The van der Waals surface area contributed by atoms with Gasteiger partial charge >= 0.3 is 17.9 Å². The fraction of sp³-hybridized carbons (Fsp3) is 0.922. The molecule has 0 saturated heterocycles. The Labute approximate surface area is 453 Å². The number of hydrogen-bond donors (Lipinski definition) is 1. The monoisotopic (exact) mass is 1030 g/mol. The SMILES string of the molecule is CCCCCCCCCC/C=C\CCCCCCCCCCCCCC(=O)OC(COC(=O)CCCCCCCCCCCCCCCCCCCCCCCCCCC)COC(OCC[N+](C)(C)C)C(=O)O. The Morgan fingerprint density at radius 2 is 0.699 bits per heavy atom. The summed E-state index contributed by atoms with van der Waals surface area (Å²) in [4.78, 5) is 37.5. The molecular weight excluding hydrogens is 911 g/mol. The van der Waals surface area contributed by atoms with E-state index in [1.54, 1.807) is 0 Å². The number of nitrogens with zero attached hydrogens (tertiary/aromatic N) is 1. The van der Waals surface area contributed by atoms with Gasteiger partial charge in [0.1, 0.15) is 13.2 Å². The van der Waals surface area contributed by atoms with Crippen molar-refractivity contribution in [1.82, 2.24) is 0 Å². The molecule has 9 heteroatoms. The van der Waals surface area contributed by atoms with Crippen molar-refractivity contribution in [2.75, 3.05) is 47.5 Å². The van der Waals surface area contributed by atoms with Gasteiger partial charge < -0.3 is 28.5 Å². The van der Waals surface area contributed by atoms with E-state index in [0.717, 1.165) is 38.5 Å². The molecule has 9 nitrogen and oxygen atoms in total. The molecule has 73 heavy (non-hydrogen) atoms. The molecule has 0 rings (SSSR count). The van der Waals surface area contributed by atoms with Crippen molar-refractivity contribution < 1.29 is 42.9 Å². The summed E-state index contributed by atoms with van der Waals surface area (Å²) in [6.45, 7) is 4.95. The van der Waals surface area contributed by atoms with E-state index in [2.05, 4.69) is 26.0 Å². The molecule has 0 aromatic carbocycles. The number of unbranched alkanes of at least 4 members (excludes halogenated alkanes) is 43. The third kappa shape index (κ3) is 57.6. The predicted octanol–water partition coefficient (Wildman–Crippen LogP) is 18.9. The molecule has 0 aliphatic heterocycles. The summed E-state index contributed by atoms with van der Waals surface area (Å²) in [6, 6.07) is 0. The topological polar surface area (TPSA) is 108 Å². The van der Waals surface area contributed by atoms with Crippen LogP contribution in [-0.2, 0) is 33.3 Å². The van der Waals surface area contributed by atoms with Crippen LogP contribution in [0.1, 0.15) is 322 Å². The molecule has 0 aliphatic rings. The van der Waals surface area contributed by atoms with Crippen molar-refractivity contribution in [1.29, 1.82) is 0 Å². The smallest absolute Gasteiger partial charge is 0.361 e. The van der Waals surface area contributed by atoms with Crippen molar-refractivity contribution in [3.05, 3.63) is 12.2 Å². The van der Waals surface area contributed by atoms with E-state index in [0.29, 0.717) is 17.4 Å². The number of carboxylic acids is 1. The molecule has 0 amide bonds. The second-order valence-corrected chi connectivity index (χ2v) is 23.1. The summed E-state index contributed by atoms with van der Waals surface area (Å²) in [5.74, 6) is -1.98. The number of carbonyl (C=O) groups is 3. The Kier molecular flexibility index (Phi) is 54.7. The van der Waals surface area contributed by atoms with Gasteiger partial charge in [0.15, 0.2) is 6.10 Å². The van der Waals surface area contributed by atoms with Gasteiger partial charge in [-0.15, -0.1) is 0 Å². The number of esters is 2. The van der Waals surface area contributed by atoms with Crippen molar-refractivity contribution in [2.45, 2.75) is 334 Å². The first-order chi connectivity index (χ1) is 35.6. The highest BCUT2D eigenvalue weighted by Crippen LogP contribution is 2.18. The standard InChI is InChI=1S/C64H123NO8/c1-6-8-10-12-14-16-18-20-22-24-26-28-30-31-33-34-36-38-40-42-44-46-48-50-52-54-61(66)71-58-60(59-72-64(63(68)69)70-57-56-65(3,4)5)73-62(67)55-53-51-49-47-45-43-41-39-37-35-32-29-27-25-23-21-19-17-15-13-11-9-7-2/h25,27,60,64H,6-24,26,28-59H2,1-5H3/p+1/b27-25-. The molecule has 0 spiro atoms. The van der Waals surface area contributed by atoms with Crippen LogP contribution in [0.15, 0.2) is 12.2 Å². The maximum atomic E-state index is 12.9. The number of rotatable bonds is 60. The van der Waals surface area contributed by atoms with Crippen LogP contribution < -0.4 is 0 Å². The maximum Gasteiger partial charge on any atom is 0.361 e. The van der Waals surface area contributed by atoms with Gasteiger partial charge in [-0.25, -0.2) is 4.79 Å². The first-order valence-corrected chi connectivity index (χ1v) is 31.9. The summed E-state index contributed by atoms with van der Waals surface area (Å²) in [5.41, 5.74) is 0. The van der Waals surface area contributed by atoms with Crippen LogP contribution in [0.2, 0.25) is 0 Å². The Morgan fingerprint density at radius 3 is 1.01 bits per heavy atom. The average molecular weight is 1040 g/mol. The number of quaternary nitrogens is 1. The van der Waals surface area contributed by atoms with E-state index in [1.807, 2.05) is 21.1 Å². The average Bonchev–Trinajstić information content (AvgIpc) is 3.36. The molecule has 0 aliphatic carbocycles. The zero-order chi connectivity index (χ0) is 53.4. The molecule has 0 radical (unpaired) electrons. The normalized spacial score (nSPS) is 12.7. The lowest BCUT2D eigenvalue weighted by Gasteiger charge is -2.25. The van der Waals surface area contributed by atoms with E-state index in [1.165, 1.54) is 257 Å². The van der Waals surface area contributed by atoms with Crippen molar-refractivity contribution >= 4 is 17.9 Å². The van der Waals surface area contributed by atoms with Crippen LogP contribution >= 0.6 is 0 Å². The van der Waals surface area contributed by atoms with Crippen molar-refractivity contribution in [3.63, 3.8) is 0 Å². The van der Waals surface area contributed by atoms with E-state index in [4.69, 9.17) is 18.9 Å². The van der Waals surface area contributed by atoms with E-state index in [9.17, 15) is 19.5 Å². The first-order valence-electron chi connectivity index (χ1n) is 31.9. The predicted molar refractivity (Wildman–Crippen MR) is 309 cm³/mol. The molecule has 2 atom stereocenters. The summed E-state index contributed by atoms with van der Waals surface area (Å²) in [6.07, 6.45) is 63.0. The van der Waals surface area contributed by atoms with Crippen molar-refractivity contribution in [3.8, 4) is 0 Å². The third-order valence-electron chi connectivity index (χ3n) is 14.5. The molecule has 0 heterocycles. The number of carbonyl (C=O) groups excluding carboxylic acids is 2. The summed E-state index contributed by atoms with van der Waals surface area (Å²) >= 11 is 0. The number of aliphatic carboxylic acids is 1. The van der Waals surface area contributed by atoms with Gasteiger partial charge in [-0.3, -0.25) is 9.59 Å². The lowest BCUT2D eigenvalue weighted by molar-refractivity contribution is -0.870. The number of likely N-dealkylation sites (N-methyl/N-ethyl adjacent to an activating group) is 1. The highest BCUT2D eigenvalue weighted by molar-refractivity contribution is 5.71. The van der Waals surface area contributed by atoms with Crippen LogP contribution in [0.5, 0.6) is 0 Å². The minimum Gasteiger partial charge on any atom is -0.477 e. The molecule has 0 saturated carbocycles. The third-order valence-corrected chi connectivity index (χ3v) is 14.5. The Morgan fingerprint density at radius 1 is 0.397 bits per heavy atom. The Hall–Kier alpha value is -1.97. The fourth-order valence-electron chi connectivity index (χ4n) is 9.60. The van der Waals surface area contributed by atoms with Crippen LogP contribution in [0, 0.1) is 0 Å². The zero-order valence-corrected chi connectivity index (χ0v) is 49.3. The second-order valence-electron chi connectivity index (χ2n) is 23.1. The van der Waals surface area contributed by atoms with Gasteiger partial charge in [-0.1, -0.05) is 283 Å². The minimum absolute atomic E-state index is 0.175. The quantitative estimate of drug-likeness (QED) is 0.0211. The molecule has 2 unspecified atom stereocenters. The highest BCUT2D eigenvalue weighted by Gasteiger charge is 2.25. The Balaban J connectivity index is 4.14. The number of hydrogen-bond acceptors (Lipinski definition) is 7. The fourth-order valence-corrected chi connectivity index (χ4v) is 9.60. The van der Waals surface area contributed by atoms with Gasteiger partial charge in [0.2, 0.25) is 0 Å². The molecule has 1 N–H and O–H groups in total. The largest absolute Gasteiger partial charge is 0.477 e. The molecule has 0 bridgehead atoms. The van der Waals surface area contributed by atoms with Gasteiger partial charge in [0, 0.05) is 12.8 Å². The molecule has 0 fully saturated rings. The number of ether oxygens (including phenoxy) is 4. The summed E-state index contributed by atoms with van der Waals surface area (Å²) < 4.78 is 23.0. The van der Waals surface area contributed by atoms with Crippen LogP contribution in [0.25, 0.3) is 0 Å². The van der Waals surface area contributed by atoms with Gasteiger partial charge in [0.05, 0.1) is 34.4 Å². The van der Waals surface area contributed by atoms with Crippen molar-refractivity contribution in [2.24, 2.45) is 0 Å². The molecule has 432 valence electrons. The van der Waals surface area contributed by atoms with Crippen LogP contribution in [0.4, 0.5) is 0 Å². The molecular formula is C64H124NO8+. The zero-order valence-electron chi connectivity index (χ0n) is 49.3. The van der Waals surface area contributed by atoms with Crippen LogP contribution in [-0.4, -0.2) is 87.4 Å². The van der Waals surface area contributed by atoms with E-state index < -0.39 is 18.4 Å². The summed E-state index contributed by atoms with van der Waals surface area (Å²) in [5, 5.41) is 9.72. The lowest BCUT2D eigenvalue weighted by atomic mass is 10.0. The number of carboxylic acid groups (broad SMARTS) is 1. The molecule has 0 aromatic heterocycles. The van der Waals surface area contributed by atoms with E-state index in [-0.39, 0.29) is 38.2 Å². The van der Waals surface area contributed by atoms with E-state index >= 15 is 0 Å². The second kappa shape index (κ2) is 56.2. The molecule has 0 aromatic rings. The van der Waals surface area contributed by atoms with Gasteiger partial charge in [-0.2, -0.15) is 0 Å². The van der Waals surface area contributed by atoms with Crippen LogP contribution in [0.3, 0.4) is 0 Å². The lowest BCUT2D eigenvalue weighted by Crippen LogP contribution is -2.40. The first kappa shape index (κ1) is 71.0. The summed E-state index contributed by atoms with van der Waals surface area (Å²) in [7, 11) is 5.99. The van der Waals surface area contributed by atoms with Gasteiger partial charge in [0.25, 0.3) is 6.29 Å². The maximum absolute atomic E-state index is 12.9. The minimum atomic E-state index is -1.51.